The molecule has 1 unspecified atom stereocenters. The van der Waals surface area contributed by atoms with Gasteiger partial charge in [-0.2, -0.15) is 0 Å². The van der Waals surface area contributed by atoms with Crippen molar-refractivity contribution in [3.05, 3.63) is 70.7 Å². The van der Waals surface area contributed by atoms with Crippen LogP contribution in [-0.4, -0.2) is 46.3 Å². The summed E-state index contributed by atoms with van der Waals surface area (Å²) in [5.41, 5.74) is 2.18. The van der Waals surface area contributed by atoms with Crippen molar-refractivity contribution in [1.82, 2.24) is 9.57 Å². The zero-order chi connectivity index (χ0) is 24.9. The van der Waals surface area contributed by atoms with Gasteiger partial charge in [0, 0.05) is 23.8 Å². The van der Waals surface area contributed by atoms with Gasteiger partial charge in [0.25, 0.3) is 0 Å². The van der Waals surface area contributed by atoms with Gasteiger partial charge in [-0.15, -0.1) is 0 Å². The molecule has 0 aromatic heterocycles. The molecule has 2 aliphatic rings. The summed E-state index contributed by atoms with van der Waals surface area (Å²) in [6, 6.07) is 13.0. The van der Waals surface area contributed by atoms with Gasteiger partial charge in [-0.3, -0.25) is 9.46 Å². The van der Waals surface area contributed by atoms with E-state index in [4.69, 9.17) is 39.7 Å². The molecule has 2 amide bonds. The Labute approximate surface area is 222 Å². The molecule has 0 aliphatic carbocycles. The summed E-state index contributed by atoms with van der Waals surface area (Å²) in [6.45, 7) is 3.79. The van der Waals surface area contributed by atoms with Crippen molar-refractivity contribution in [2.24, 2.45) is 0 Å². The molecule has 35 heavy (non-hydrogen) atoms. The Morgan fingerprint density at radius 1 is 1.14 bits per heavy atom. The maximum Gasteiger partial charge on any atom is 0.410 e. The number of para-hydroxylation sites is 2. The lowest BCUT2D eigenvalue weighted by Crippen LogP contribution is -2.52. The number of rotatable bonds is 8. The minimum Gasteiger partial charge on any atom is -0.445 e. The van der Waals surface area contributed by atoms with Crippen LogP contribution in [0.1, 0.15) is 31.2 Å². The molecule has 0 radical (unpaired) electrons. The summed E-state index contributed by atoms with van der Waals surface area (Å²) in [4.78, 5) is 27.8. The third-order valence-corrected chi connectivity index (χ3v) is 8.40. The minimum absolute atomic E-state index is 0.0132. The van der Waals surface area contributed by atoms with Gasteiger partial charge in [-0.1, -0.05) is 60.1 Å². The van der Waals surface area contributed by atoms with Crippen molar-refractivity contribution in [2.45, 2.75) is 50.2 Å². The Bertz CT molecular complexity index is 1100. The van der Waals surface area contributed by atoms with Crippen molar-refractivity contribution < 1.29 is 14.3 Å². The van der Waals surface area contributed by atoms with Crippen LogP contribution in [0.15, 0.2) is 55.1 Å². The lowest BCUT2D eigenvalue weighted by atomic mass is 9.97. The van der Waals surface area contributed by atoms with E-state index in [0.717, 1.165) is 24.1 Å². The number of carbonyl (C=O) groups excluding carboxylic acids is 2. The number of hydrogen-bond donors (Lipinski definition) is 1. The van der Waals surface area contributed by atoms with Crippen molar-refractivity contribution in [1.29, 1.82) is 0 Å². The number of nitrogens with one attached hydrogen (secondary N) is 1. The van der Waals surface area contributed by atoms with Crippen LogP contribution in [-0.2, 0) is 27.8 Å². The number of hydrogen-bond acceptors (Lipinski definition) is 5. The molecule has 0 saturated carbocycles. The molecule has 2 aromatic rings. The highest BCUT2D eigenvalue weighted by molar-refractivity contribution is 7.95. The molecule has 4 rings (SSSR count). The average Bonchev–Trinajstić information content (AvgIpc) is 3.11. The molecule has 10 heteroatoms. The zero-order valence-corrected chi connectivity index (χ0v) is 22.3. The first-order valence-corrected chi connectivity index (χ1v) is 14.0. The van der Waals surface area contributed by atoms with Crippen LogP contribution in [0.25, 0.3) is 0 Å². The van der Waals surface area contributed by atoms with E-state index in [1.165, 1.54) is 0 Å². The summed E-state index contributed by atoms with van der Waals surface area (Å²) in [5.74, 6) is -0.0479. The Hall–Kier alpha value is -2.18. The first kappa shape index (κ1) is 25.9. The number of benzene rings is 2. The third-order valence-electron chi connectivity index (χ3n) is 6.51. The van der Waals surface area contributed by atoms with E-state index in [9.17, 15) is 9.59 Å². The largest absolute Gasteiger partial charge is 0.445 e. The van der Waals surface area contributed by atoms with Gasteiger partial charge in [0.2, 0.25) is 5.91 Å². The lowest BCUT2D eigenvalue weighted by molar-refractivity contribution is -0.127. The second-order valence-corrected chi connectivity index (χ2v) is 10.6. The van der Waals surface area contributed by atoms with E-state index < -0.39 is 0 Å². The number of amides is 2. The van der Waals surface area contributed by atoms with Crippen molar-refractivity contribution in [3.8, 4) is 0 Å². The highest BCUT2D eigenvalue weighted by Crippen LogP contribution is 2.40. The van der Waals surface area contributed by atoms with E-state index in [0.29, 0.717) is 36.1 Å². The first-order valence-electron chi connectivity index (χ1n) is 11.4. The fourth-order valence-corrected chi connectivity index (χ4v) is 6.61. The molecule has 2 aliphatic heterocycles. The predicted molar refractivity (Wildman–Crippen MR) is 144 cm³/mol. The SMILES string of the molecule is C=CCOC(=O)N1[C@@H]2CC[C@H]1CC(N(P=S)C(=O)Cc1ccccc1Nc1c(Cl)cccc1Cl)C2. The maximum atomic E-state index is 13.4. The Morgan fingerprint density at radius 3 is 2.43 bits per heavy atom. The standard InChI is InChI=1S/C25H26Cl2N3O3PS/c1-2-12-33-25(32)29-17-10-11-18(29)15-19(14-17)30(34-35)23(31)13-16-6-3-4-9-22(16)28-24-20(26)7-5-8-21(24)27/h2-9,17-19,28H,1,10-15H2/t17-,18+,19?. The molecule has 2 saturated heterocycles. The number of fused-ring (bicyclic) bond motifs is 2. The molecular weight excluding hydrogens is 524 g/mol. The predicted octanol–water partition coefficient (Wildman–Crippen LogP) is 6.75. The highest BCUT2D eigenvalue weighted by atomic mass is 35.5. The van der Waals surface area contributed by atoms with Gasteiger partial charge >= 0.3 is 6.09 Å². The molecule has 2 heterocycles. The van der Waals surface area contributed by atoms with Crippen molar-refractivity contribution >= 4 is 65.9 Å². The van der Waals surface area contributed by atoms with Crippen LogP contribution < -0.4 is 5.32 Å². The fraction of sp³-hybridized carbons (Fsp3) is 0.360. The van der Waals surface area contributed by atoms with E-state index >= 15 is 0 Å². The Kier molecular flexibility index (Phi) is 8.66. The molecule has 1 N–H and O–H groups in total. The van der Waals surface area contributed by atoms with Crippen LogP contribution in [0, 0.1) is 0 Å². The third kappa shape index (κ3) is 5.80. The van der Waals surface area contributed by atoms with E-state index in [-0.39, 0.29) is 43.2 Å². The van der Waals surface area contributed by atoms with E-state index in [1.54, 1.807) is 28.9 Å². The van der Waals surface area contributed by atoms with Gasteiger partial charge in [0.05, 0.1) is 29.7 Å². The van der Waals surface area contributed by atoms with Crippen LogP contribution in [0.2, 0.25) is 10.0 Å². The lowest BCUT2D eigenvalue weighted by Gasteiger charge is -2.41. The van der Waals surface area contributed by atoms with Crippen LogP contribution in [0.5, 0.6) is 0 Å². The minimum atomic E-state index is -0.303. The number of anilines is 2. The monoisotopic (exact) mass is 549 g/mol. The van der Waals surface area contributed by atoms with Crippen molar-refractivity contribution in [2.75, 3.05) is 11.9 Å². The number of piperidine rings is 1. The van der Waals surface area contributed by atoms with Crippen LogP contribution in [0.3, 0.4) is 0 Å². The Morgan fingerprint density at radius 2 is 1.80 bits per heavy atom. The van der Waals surface area contributed by atoms with E-state index in [1.807, 2.05) is 29.2 Å². The molecule has 2 fully saturated rings. The van der Waals surface area contributed by atoms with Crippen LogP contribution in [0.4, 0.5) is 16.2 Å². The average molecular weight is 550 g/mol. The molecule has 184 valence electrons. The van der Waals surface area contributed by atoms with Gasteiger partial charge in [-0.25, -0.2) is 4.79 Å². The second-order valence-electron chi connectivity index (χ2n) is 8.66. The topological polar surface area (TPSA) is 61.9 Å². The number of ether oxygens (including phenoxy) is 1. The summed E-state index contributed by atoms with van der Waals surface area (Å²) < 4.78 is 7.04. The molecule has 0 spiro atoms. The van der Waals surface area contributed by atoms with Gasteiger partial charge in [0.15, 0.2) is 0 Å². The highest BCUT2D eigenvalue weighted by Gasteiger charge is 2.46. The molecule has 6 nitrogen and oxygen atoms in total. The van der Waals surface area contributed by atoms with E-state index in [2.05, 4.69) is 11.9 Å². The van der Waals surface area contributed by atoms with Gasteiger partial charge in [0.1, 0.15) is 6.61 Å². The molecule has 3 atom stereocenters. The number of carbonyl (C=O) groups is 2. The number of nitrogens with zero attached hydrogens (tertiary/aromatic N) is 2. The summed E-state index contributed by atoms with van der Waals surface area (Å²) in [7, 11) is 0.480. The summed E-state index contributed by atoms with van der Waals surface area (Å²) in [6.07, 6.45) is 4.66. The van der Waals surface area contributed by atoms with Gasteiger partial charge in [-0.05, 0) is 61.3 Å². The number of halogens is 2. The fourth-order valence-electron chi connectivity index (χ4n) is 4.96. The normalized spacial score (nSPS) is 21.0. The quantitative estimate of drug-likeness (QED) is 0.291. The Balaban J connectivity index is 1.46. The van der Waals surface area contributed by atoms with Crippen LogP contribution >= 0.6 is 30.7 Å². The summed E-state index contributed by atoms with van der Waals surface area (Å²) in [5, 5.41) is 4.28. The zero-order valence-electron chi connectivity index (χ0n) is 19.0. The molecule has 2 aromatic carbocycles. The van der Waals surface area contributed by atoms with Crippen molar-refractivity contribution in [3.63, 3.8) is 0 Å². The molecule has 2 bridgehead atoms. The van der Waals surface area contributed by atoms with Gasteiger partial charge < -0.3 is 15.0 Å². The second kappa shape index (κ2) is 11.7. The molecular formula is C25H26Cl2N3O3PS. The maximum absolute atomic E-state index is 13.4. The first-order chi connectivity index (χ1) is 16.9. The summed E-state index contributed by atoms with van der Waals surface area (Å²) >= 11 is 18.0. The smallest absolute Gasteiger partial charge is 0.410 e.